The number of nitrogens with zero attached hydrogens (tertiary/aromatic N) is 2. The van der Waals surface area contributed by atoms with E-state index in [9.17, 15) is 4.79 Å². The summed E-state index contributed by atoms with van der Waals surface area (Å²) in [6, 6.07) is 14.1. The Kier molecular flexibility index (Phi) is 4.48. The van der Waals surface area contributed by atoms with Crippen molar-refractivity contribution in [1.29, 1.82) is 0 Å². The molecule has 0 aliphatic carbocycles. The molecule has 1 aromatic carbocycles. The van der Waals surface area contributed by atoms with Crippen LogP contribution in [0.1, 0.15) is 43.6 Å². The Bertz CT molecular complexity index is 996. The summed E-state index contributed by atoms with van der Waals surface area (Å²) in [6.07, 6.45) is 0.786. The fraction of sp³-hybridized carbons (Fsp3) is 0.364. The first kappa shape index (κ1) is 17.7. The number of H-pyrrole nitrogens is 1. The molecule has 0 amide bonds. The van der Waals surface area contributed by atoms with Crippen molar-refractivity contribution in [2.75, 3.05) is 6.54 Å². The predicted molar refractivity (Wildman–Crippen MR) is 106 cm³/mol. The van der Waals surface area contributed by atoms with Gasteiger partial charge in [0.05, 0.1) is 17.8 Å². The van der Waals surface area contributed by atoms with Gasteiger partial charge in [-0.3, -0.25) is 9.69 Å². The molecule has 2 aromatic heterocycles. The summed E-state index contributed by atoms with van der Waals surface area (Å²) in [7, 11) is 0. The third kappa shape index (κ3) is 3.74. The zero-order valence-electron chi connectivity index (χ0n) is 16.1. The van der Waals surface area contributed by atoms with Crippen LogP contribution in [-0.4, -0.2) is 21.4 Å². The van der Waals surface area contributed by atoms with Crippen LogP contribution in [0, 0.1) is 0 Å². The Morgan fingerprint density at radius 2 is 1.93 bits per heavy atom. The number of fused-ring (bicyclic) bond motifs is 1. The van der Waals surface area contributed by atoms with Gasteiger partial charge in [0, 0.05) is 30.5 Å². The predicted octanol–water partition coefficient (Wildman–Crippen LogP) is 3.89. The number of nitrogens with one attached hydrogen (secondary N) is 1. The van der Waals surface area contributed by atoms with Crippen molar-refractivity contribution in [3.8, 4) is 11.3 Å². The fourth-order valence-corrected chi connectivity index (χ4v) is 3.41. The monoisotopic (exact) mass is 363 g/mol. The summed E-state index contributed by atoms with van der Waals surface area (Å²) in [4.78, 5) is 22.5. The Hall–Kier alpha value is -2.66. The Balaban J connectivity index is 1.51. The summed E-state index contributed by atoms with van der Waals surface area (Å²) in [5, 5.41) is 0. The molecule has 0 unspecified atom stereocenters. The molecule has 140 valence electrons. The minimum atomic E-state index is -0.159. The van der Waals surface area contributed by atoms with E-state index in [1.807, 2.05) is 42.5 Å². The second kappa shape index (κ2) is 6.82. The topological polar surface area (TPSA) is 62.1 Å². The van der Waals surface area contributed by atoms with E-state index in [1.165, 1.54) is 0 Å². The molecule has 5 nitrogen and oxygen atoms in total. The lowest BCUT2D eigenvalue weighted by Gasteiger charge is -2.28. The van der Waals surface area contributed by atoms with Gasteiger partial charge in [-0.15, -0.1) is 0 Å². The van der Waals surface area contributed by atoms with E-state index >= 15 is 0 Å². The molecule has 4 rings (SSSR count). The Morgan fingerprint density at radius 1 is 1.15 bits per heavy atom. The second-order valence-electron chi connectivity index (χ2n) is 8.18. The SMILES string of the molecule is CC(C)(C)c1nc2c(c(=O)[nH]1)CN(Cc1ccc(-c3ccccc3)o1)CC2. The lowest BCUT2D eigenvalue weighted by Crippen LogP contribution is -2.37. The van der Waals surface area contributed by atoms with E-state index in [0.29, 0.717) is 13.1 Å². The molecular formula is C22H25N3O2. The highest BCUT2D eigenvalue weighted by Gasteiger charge is 2.25. The van der Waals surface area contributed by atoms with Crippen molar-refractivity contribution in [2.45, 2.75) is 45.7 Å². The summed E-state index contributed by atoms with van der Waals surface area (Å²) >= 11 is 0. The lowest BCUT2D eigenvalue weighted by molar-refractivity contribution is 0.222. The van der Waals surface area contributed by atoms with Crippen LogP contribution in [0.3, 0.4) is 0 Å². The van der Waals surface area contributed by atoms with Crippen LogP contribution in [0.5, 0.6) is 0 Å². The third-order valence-corrected chi connectivity index (χ3v) is 4.96. The van der Waals surface area contributed by atoms with E-state index in [2.05, 4.69) is 30.7 Å². The molecule has 0 saturated carbocycles. The zero-order chi connectivity index (χ0) is 19.0. The molecule has 0 spiro atoms. The maximum absolute atomic E-state index is 12.6. The van der Waals surface area contributed by atoms with Gasteiger partial charge in [0.25, 0.3) is 5.56 Å². The standard InChI is InChI=1S/C22H25N3O2/c1-22(2,3)21-23-18-11-12-25(14-17(18)20(26)24-21)13-16-9-10-19(27-16)15-7-5-4-6-8-15/h4-10H,11-14H2,1-3H3,(H,23,24,26). The molecule has 0 saturated heterocycles. The van der Waals surface area contributed by atoms with E-state index in [1.54, 1.807) is 0 Å². The van der Waals surface area contributed by atoms with Gasteiger partial charge >= 0.3 is 0 Å². The average molecular weight is 363 g/mol. The normalized spacial score (nSPS) is 14.9. The highest BCUT2D eigenvalue weighted by molar-refractivity contribution is 5.57. The number of hydrogen-bond donors (Lipinski definition) is 1. The number of hydrogen-bond acceptors (Lipinski definition) is 4. The quantitative estimate of drug-likeness (QED) is 0.767. The number of rotatable bonds is 3. The van der Waals surface area contributed by atoms with Gasteiger partial charge in [0.2, 0.25) is 0 Å². The minimum Gasteiger partial charge on any atom is -0.460 e. The van der Waals surface area contributed by atoms with Crippen molar-refractivity contribution < 1.29 is 4.42 Å². The van der Waals surface area contributed by atoms with Gasteiger partial charge in [0.1, 0.15) is 17.3 Å². The summed E-state index contributed by atoms with van der Waals surface area (Å²) in [5.74, 6) is 2.54. The average Bonchev–Trinajstić information content (AvgIpc) is 3.10. The van der Waals surface area contributed by atoms with Gasteiger partial charge in [-0.1, -0.05) is 51.1 Å². The number of aromatic nitrogens is 2. The van der Waals surface area contributed by atoms with Gasteiger partial charge in [0.15, 0.2) is 0 Å². The molecule has 27 heavy (non-hydrogen) atoms. The second-order valence-corrected chi connectivity index (χ2v) is 8.18. The molecule has 1 aliphatic rings. The summed E-state index contributed by atoms with van der Waals surface area (Å²) in [6.45, 7) is 8.35. The van der Waals surface area contributed by atoms with E-state index in [4.69, 9.17) is 9.40 Å². The number of benzene rings is 1. The summed E-state index contributed by atoms with van der Waals surface area (Å²) in [5.41, 5.74) is 2.61. The molecule has 1 N–H and O–H groups in total. The minimum absolute atomic E-state index is 0.0148. The third-order valence-electron chi connectivity index (χ3n) is 4.96. The molecule has 3 heterocycles. The Morgan fingerprint density at radius 3 is 2.67 bits per heavy atom. The largest absolute Gasteiger partial charge is 0.460 e. The number of furan rings is 1. The van der Waals surface area contributed by atoms with Crippen LogP contribution in [0.2, 0.25) is 0 Å². The van der Waals surface area contributed by atoms with Crippen LogP contribution in [0.25, 0.3) is 11.3 Å². The highest BCUT2D eigenvalue weighted by Crippen LogP contribution is 2.25. The van der Waals surface area contributed by atoms with Gasteiger partial charge in [-0.05, 0) is 12.1 Å². The molecule has 0 radical (unpaired) electrons. The summed E-state index contributed by atoms with van der Waals surface area (Å²) < 4.78 is 6.01. The van der Waals surface area contributed by atoms with Gasteiger partial charge < -0.3 is 9.40 Å². The molecule has 3 aromatic rings. The van der Waals surface area contributed by atoms with Crippen LogP contribution in [0.15, 0.2) is 51.7 Å². The van der Waals surface area contributed by atoms with E-state index < -0.39 is 0 Å². The number of aromatic amines is 1. The molecular weight excluding hydrogens is 338 g/mol. The van der Waals surface area contributed by atoms with Gasteiger partial charge in [-0.2, -0.15) is 0 Å². The molecule has 5 heteroatoms. The van der Waals surface area contributed by atoms with Gasteiger partial charge in [-0.25, -0.2) is 4.98 Å². The van der Waals surface area contributed by atoms with Crippen LogP contribution >= 0.6 is 0 Å². The van der Waals surface area contributed by atoms with Crippen molar-refractivity contribution in [1.82, 2.24) is 14.9 Å². The van der Waals surface area contributed by atoms with Crippen LogP contribution < -0.4 is 5.56 Å². The molecule has 1 aliphatic heterocycles. The maximum atomic E-state index is 12.6. The van der Waals surface area contributed by atoms with E-state index in [-0.39, 0.29) is 11.0 Å². The van der Waals surface area contributed by atoms with Crippen LogP contribution in [-0.2, 0) is 24.9 Å². The van der Waals surface area contributed by atoms with Crippen molar-refractivity contribution in [3.05, 3.63) is 75.7 Å². The lowest BCUT2D eigenvalue weighted by atomic mass is 9.95. The first-order valence-electron chi connectivity index (χ1n) is 9.39. The smallest absolute Gasteiger partial charge is 0.255 e. The first-order chi connectivity index (χ1) is 12.9. The van der Waals surface area contributed by atoms with E-state index in [0.717, 1.165) is 47.1 Å². The first-order valence-corrected chi connectivity index (χ1v) is 9.39. The van der Waals surface area contributed by atoms with Crippen molar-refractivity contribution in [2.24, 2.45) is 0 Å². The van der Waals surface area contributed by atoms with Crippen molar-refractivity contribution in [3.63, 3.8) is 0 Å². The highest BCUT2D eigenvalue weighted by atomic mass is 16.3. The fourth-order valence-electron chi connectivity index (χ4n) is 3.41. The molecule has 0 bridgehead atoms. The Labute approximate surface area is 159 Å². The molecule has 0 fully saturated rings. The maximum Gasteiger partial charge on any atom is 0.255 e. The van der Waals surface area contributed by atoms with Crippen LogP contribution in [0.4, 0.5) is 0 Å². The molecule has 0 atom stereocenters. The van der Waals surface area contributed by atoms with Crippen molar-refractivity contribution >= 4 is 0 Å². The zero-order valence-corrected chi connectivity index (χ0v) is 16.1.